The molecule has 2 aromatic rings. The van der Waals surface area contributed by atoms with E-state index in [4.69, 9.17) is 11.6 Å². The number of amides is 1. The van der Waals surface area contributed by atoms with Crippen molar-refractivity contribution in [3.05, 3.63) is 64.2 Å². The summed E-state index contributed by atoms with van der Waals surface area (Å²) in [6.07, 6.45) is 2.90. The Morgan fingerprint density at radius 2 is 1.72 bits per heavy atom. The maximum atomic E-state index is 13.5. The Hall–Kier alpha value is -1.88. The number of hydrogen-bond donors (Lipinski definition) is 0. The molecule has 3 aliphatic rings. The zero-order chi connectivity index (χ0) is 20.0. The van der Waals surface area contributed by atoms with Gasteiger partial charge in [-0.2, -0.15) is 0 Å². The van der Waals surface area contributed by atoms with Crippen molar-refractivity contribution in [2.45, 2.75) is 44.8 Å². The summed E-state index contributed by atoms with van der Waals surface area (Å²) < 4.78 is 0. The fourth-order valence-electron chi connectivity index (χ4n) is 5.27. The molecule has 1 saturated heterocycles. The molecule has 3 heterocycles. The molecule has 2 atom stereocenters. The molecule has 0 saturated carbocycles. The van der Waals surface area contributed by atoms with Gasteiger partial charge in [0, 0.05) is 43.8 Å². The van der Waals surface area contributed by atoms with Gasteiger partial charge in [0.1, 0.15) is 0 Å². The van der Waals surface area contributed by atoms with E-state index in [1.165, 1.54) is 22.4 Å². The zero-order valence-electron chi connectivity index (χ0n) is 17.0. The van der Waals surface area contributed by atoms with Crippen LogP contribution in [0.15, 0.2) is 42.5 Å². The highest BCUT2D eigenvalue weighted by Crippen LogP contribution is 2.39. The van der Waals surface area contributed by atoms with Crippen molar-refractivity contribution in [2.24, 2.45) is 0 Å². The van der Waals surface area contributed by atoms with Crippen LogP contribution >= 0.6 is 11.6 Å². The van der Waals surface area contributed by atoms with Gasteiger partial charge in [0.25, 0.3) is 0 Å². The maximum absolute atomic E-state index is 13.5. The van der Waals surface area contributed by atoms with Crippen molar-refractivity contribution >= 4 is 23.2 Å². The van der Waals surface area contributed by atoms with Crippen LogP contribution in [0.4, 0.5) is 5.69 Å². The lowest BCUT2D eigenvalue weighted by atomic mass is 10.0. The standard InChI is InChI=1S/C24H28ClN3O/c1-17-15-20-4-2-3-19-7-10-22(24(29)28(17)23(19)20)27-13-11-26(12-14-27)16-18-5-8-21(25)9-6-18/h2-6,8-9,17,22H,7,10-16H2,1H3/t17-,22+/m1/s1. The molecule has 5 rings (SSSR count). The van der Waals surface area contributed by atoms with Crippen LogP contribution in [0.3, 0.4) is 0 Å². The van der Waals surface area contributed by atoms with E-state index in [0.717, 1.165) is 57.0 Å². The molecule has 2 aromatic carbocycles. The summed E-state index contributed by atoms with van der Waals surface area (Å²) in [7, 11) is 0. The van der Waals surface area contributed by atoms with Gasteiger partial charge in [0.05, 0.1) is 11.7 Å². The minimum atomic E-state index is 0.00785. The Morgan fingerprint density at radius 1 is 1.00 bits per heavy atom. The van der Waals surface area contributed by atoms with Gasteiger partial charge in [-0.3, -0.25) is 14.6 Å². The monoisotopic (exact) mass is 409 g/mol. The maximum Gasteiger partial charge on any atom is 0.244 e. The van der Waals surface area contributed by atoms with Gasteiger partial charge < -0.3 is 4.90 Å². The first kappa shape index (κ1) is 19.1. The topological polar surface area (TPSA) is 26.8 Å². The SMILES string of the molecule is C[C@@H]1Cc2cccc3c2N1C(=O)[C@@H](N1CCN(Cc2ccc(Cl)cc2)CC1)CC3. The largest absolute Gasteiger partial charge is 0.307 e. The molecule has 29 heavy (non-hydrogen) atoms. The minimum Gasteiger partial charge on any atom is -0.307 e. The lowest BCUT2D eigenvalue weighted by Crippen LogP contribution is -2.55. The lowest BCUT2D eigenvalue weighted by molar-refractivity contribution is -0.125. The summed E-state index contributed by atoms with van der Waals surface area (Å²) in [6.45, 7) is 7.04. The van der Waals surface area contributed by atoms with Crippen LogP contribution in [0.1, 0.15) is 30.0 Å². The number of aryl methyl sites for hydroxylation is 1. The molecule has 0 unspecified atom stereocenters. The van der Waals surface area contributed by atoms with Gasteiger partial charge in [-0.05, 0) is 55.0 Å². The number of piperazine rings is 1. The van der Waals surface area contributed by atoms with E-state index < -0.39 is 0 Å². The first-order valence-corrected chi connectivity index (χ1v) is 11.1. The van der Waals surface area contributed by atoms with E-state index in [2.05, 4.69) is 52.0 Å². The second-order valence-corrected chi connectivity index (χ2v) is 9.12. The van der Waals surface area contributed by atoms with Crippen LogP contribution in [0.5, 0.6) is 0 Å². The number of para-hydroxylation sites is 1. The fraction of sp³-hybridized carbons (Fsp3) is 0.458. The van der Waals surface area contributed by atoms with E-state index in [9.17, 15) is 4.79 Å². The third-order valence-corrected chi connectivity index (χ3v) is 7.03. The van der Waals surface area contributed by atoms with Gasteiger partial charge in [0.15, 0.2) is 0 Å². The second-order valence-electron chi connectivity index (χ2n) is 8.68. The quantitative estimate of drug-likeness (QED) is 0.772. The minimum absolute atomic E-state index is 0.00785. The summed E-state index contributed by atoms with van der Waals surface area (Å²) in [5.74, 6) is 0.312. The molecular weight excluding hydrogens is 382 g/mol. The number of halogens is 1. The van der Waals surface area contributed by atoms with Crippen LogP contribution in [-0.4, -0.2) is 54.0 Å². The van der Waals surface area contributed by atoms with Gasteiger partial charge in [-0.25, -0.2) is 0 Å². The van der Waals surface area contributed by atoms with Gasteiger partial charge in [-0.15, -0.1) is 0 Å². The molecular formula is C24H28ClN3O. The van der Waals surface area contributed by atoms with Crippen molar-refractivity contribution in [3.8, 4) is 0 Å². The highest BCUT2D eigenvalue weighted by molar-refractivity contribution is 6.30. The van der Waals surface area contributed by atoms with Crippen molar-refractivity contribution in [1.82, 2.24) is 9.80 Å². The second kappa shape index (κ2) is 7.75. The average Bonchev–Trinajstić information content (AvgIpc) is 2.98. The molecule has 1 fully saturated rings. The Bertz CT molecular complexity index is 905. The molecule has 5 heteroatoms. The highest BCUT2D eigenvalue weighted by atomic mass is 35.5. The normalized spacial score (nSPS) is 25.2. The number of rotatable bonds is 3. The van der Waals surface area contributed by atoms with Crippen LogP contribution in [0.25, 0.3) is 0 Å². The smallest absolute Gasteiger partial charge is 0.244 e. The van der Waals surface area contributed by atoms with E-state index in [1.54, 1.807) is 0 Å². The predicted molar refractivity (Wildman–Crippen MR) is 118 cm³/mol. The van der Waals surface area contributed by atoms with Crippen LogP contribution in [0, 0.1) is 0 Å². The number of carbonyl (C=O) groups is 1. The summed E-state index contributed by atoms with van der Waals surface area (Å²) in [4.78, 5) is 20.6. The van der Waals surface area contributed by atoms with Crippen LogP contribution in [-0.2, 0) is 24.2 Å². The zero-order valence-corrected chi connectivity index (χ0v) is 17.7. The first-order chi connectivity index (χ1) is 14.1. The Morgan fingerprint density at radius 3 is 2.48 bits per heavy atom. The third kappa shape index (κ3) is 3.58. The molecule has 0 N–H and O–H groups in total. The van der Waals surface area contributed by atoms with Crippen molar-refractivity contribution in [1.29, 1.82) is 0 Å². The van der Waals surface area contributed by atoms with Crippen molar-refractivity contribution in [2.75, 3.05) is 31.1 Å². The van der Waals surface area contributed by atoms with Gasteiger partial charge >= 0.3 is 0 Å². The summed E-state index contributed by atoms with van der Waals surface area (Å²) in [6, 6.07) is 15.0. The average molecular weight is 410 g/mol. The van der Waals surface area contributed by atoms with E-state index in [0.29, 0.717) is 5.91 Å². The number of anilines is 1. The third-order valence-electron chi connectivity index (χ3n) is 6.78. The molecule has 1 amide bonds. The van der Waals surface area contributed by atoms with Gasteiger partial charge in [-0.1, -0.05) is 41.9 Å². The Balaban J connectivity index is 1.27. The summed E-state index contributed by atoms with van der Waals surface area (Å²) >= 11 is 6.00. The molecule has 152 valence electrons. The predicted octanol–water partition coefficient (Wildman–Crippen LogP) is 3.75. The number of hydrogen-bond acceptors (Lipinski definition) is 3. The van der Waals surface area contributed by atoms with E-state index in [-0.39, 0.29) is 12.1 Å². The van der Waals surface area contributed by atoms with Crippen LogP contribution in [0.2, 0.25) is 5.02 Å². The van der Waals surface area contributed by atoms with Crippen molar-refractivity contribution in [3.63, 3.8) is 0 Å². The highest BCUT2D eigenvalue weighted by Gasteiger charge is 2.41. The van der Waals surface area contributed by atoms with E-state index in [1.807, 2.05) is 12.1 Å². The Labute approximate surface area is 178 Å². The van der Waals surface area contributed by atoms with Crippen molar-refractivity contribution < 1.29 is 4.79 Å². The van der Waals surface area contributed by atoms with Gasteiger partial charge in [0.2, 0.25) is 5.91 Å². The molecule has 3 aliphatic heterocycles. The fourth-order valence-corrected chi connectivity index (χ4v) is 5.40. The van der Waals surface area contributed by atoms with E-state index >= 15 is 0 Å². The Kier molecular flexibility index (Phi) is 5.10. The number of benzene rings is 2. The molecule has 0 spiro atoms. The summed E-state index contributed by atoms with van der Waals surface area (Å²) in [5.41, 5.74) is 5.21. The first-order valence-electron chi connectivity index (χ1n) is 10.7. The molecule has 0 aliphatic carbocycles. The molecule has 0 bridgehead atoms. The summed E-state index contributed by atoms with van der Waals surface area (Å²) in [5, 5.41) is 0.783. The van der Waals surface area contributed by atoms with Crippen LogP contribution < -0.4 is 4.90 Å². The molecule has 4 nitrogen and oxygen atoms in total. The molecule has 0 aromatic heterocycles. The number of nitrogens with zero attached hydrogens (tertiary/aromatic N) is 3. The number of carbonyl (C=O) groups excluding carboxylic acids is 1. The lowest BCUT2D eigenvalue weighted by Gasteiger charge is -2.39. The molecule has 0 radical (unpaired) electrons.